The fraction of sp³-hybridized carbons (Fsp3) is 0.318. The maximum absolute atomic E-state index is 13.4. The SMILES string of the molecule is O=C(Cn1cnc2cc(F)ccc2c1=O)N1CCCC1c1ccc2c(c1)OCCO2. The third kappa shape index (κ3) is 3.28. The summed E-state index contributed by atoms with van der Waals surface area (Å²) in [6.45, 7) is 1.55. The lowest BCUT2D eigenvalue weighted by Gasteiger charge is -2.27. The number of carbonyl (C=O) groups excluding carboxylic acids is 1. The van der Waals surface area contributed by atoms with Crippen molar-refractivity contribution in [2.45, 2.75) is 25.4 Å². The Balaban J connectivity index is 1.39. The summed E-state index contributed by atoms with van der Waals surface area (Å²) in [6, 6.07) is 9.52. The Bertz CT molecular complexity index is 1190. The van der Waals surface area contributed by atoms with Crippen LogP contribution in [-0.4, -0.2) is 40.1 Å². The molecular weight excluding hydrogens is 389 g/mol. The van der Waals surface area contributed by atoms with Gasteiger partial charge in [-0.1, -0.05) is 6.07 Å². The number of aromatic nitrogens is 2. The van der Waals surface area contributed by atoms with E-state index < -0.39 is 5.82 Å². The summed E-state index contributed by atoms with van der Waals surface area (Å²) in [7, 11) is 0. The van der Waals surface area contributed by atoms with Gasteiger partial charge in [-0.15, -0.1) is 0 Å². The molecule has 0 radical (unpaired) electrons. The molecule has 2 aromatic carbocycles. The third-order valence-electron chi connectivity index (χ3n) is 5.62. The van der Waals surface area contributed by atoms with Crippen molar-refractivity contribution in [3.05, 3.63) is 64.5 Å². The van der Waals surface area contributed by atoms with E-state index in [9.17, 15) is 14.0 Å². The van der Waals surface area contributed by atoms with E-state index in [1.54, 1.807) is 4.90 Å². The van der Waals surface area contributed by atoms with Crippen molar-refractivity contribution in [1.29, 1.82) is 0 Å². The summed E-state index contributed by atoms with van der Waals surface area (Å²) in [5.74, 6) is 0.798. The molecule has 0 saturated carbocycles. The van der Waals surface area contributed by atoms with Crippen LogP contribution < -0.4 is 15.0 Å². The number of fused-ring (bicyclic) bond motifs is 2. The highest BCUT2D eigenvalue weighted by Crippen LogP contribution is 2.38. The van der Waals surface area contributed by atoms with Crippen LogP contribution in [0, 0.1) is 5.82 Å². The average molecular weight is 409 g/mol. The van der Waals surface area contributed by atoms with E-state index in [-0.39, 0.29) is 35.0 Å². The van der Waals surface area contributed by atoms with Crippen LogP contribution >= 0.6 is 0 Å². The number of hydrogen-bond acceptors (Lipinski definition) is 5. The van der Waals surface area contributed by atoms with Crippen molar-refractivity contribution in [2.24, 2.45) is 0 Å². The summed E-state index contributed by atoms with van der Waals surface area (Å²) in [4.78, 5) is 31.7. The molecular formula is C22H20FN3O4. The lowest BCUT2D eigenvalue weighted by molar-refractivity contribution is -0.132. The zero-order valence-electron chi connectivity index (χ0n) is 16.2. The first kappa shape index (κ1) is 18.6. The van der Waals surface area contributed by atoms with Crippen LogP contribution in [0.25, 0.3) is 10.9 Å². The second-order valence-electron chi connectivity index (χ2n) is 7.49. The first-order valence-electron chi connectivity index (χ1n) is 9.94. The predicted molar refractivity (Wildman–Crippen MR) is 107 cm³/mol. The van der Waals surface area contributed by atoms with E-state index in [1.165, 1.54) is 29.1 Å². The van der Waals surface area contributed by atoms with Crippen molar-refractivity contribution in [2.75, 3.05) is 19.8 Å². The number of hydrogen-bond donors (Lipinski definition) is 0. The summed E-state index contributed by atoms with van der Waals surface area (Å²) in [5, 5.41) is 0.288. The van der Waals surface area contributed by atoms with Gasteiger partial charge >= 0.3 is 0 Å². The first-order valence-corrected chi connectivity index (χ1v) is 9.94. The van der Waals surface area contributed by atoms with E-state index in [1.807, 2.05) is 18.2 Å². The first-order chi connectivity index (χ1) is 14.6. The molecule has 8 heteroatoms. The van der Waals surface area contributed by atoms with Gasteiger partial charge in [-0.3, -0.25) is 14.2 Å². The normalized spacial score (nSPS) is 18.0. The van der Waals surface area contributed by atoms with Crippen LogP contribution in [0.1, 0.15) is 24.4 Å². The lowest BCUT2D eigenvalue weighted by Crippen LogP contribution is -2.36. The largest absolute Gasteiger partial charge is 0.486 e. The summed E-state index contributed by atoms with van der Waals surface area (Å²) in [5.41, 5.74) is 0.909. The quantitative estimate of drug-likeness (QED) is 0.665. The van der Waals surface area contributed by atoms with Crippen molar-refractivity contribution in [1.82, 2.24) is 14.5 Å². The van der Waals surface area contributed by atoms with Crippen LogP contribution in [0.4, 0.5) is 4.39 Å². The highest BCUT2D eigenvalue weighted by molar-refractivity contribution is 5.79. The Morgan fingerprint density at radius 3 is 2.83 bits per heavy atom. The summed E-state index contributed by atoms with van der Waals surface area (Å²) < 4.78 is 25.9. The minimum atomic E-state index is -0.456. The van der Waals surface area contributed by atoms with E-state index in [0.29, 0.717) is 31.3 Å². The summed E-state index contributed by atoms with van der Waals surface area (Å²) in [6.07, 6.45) is 3.03. The Kier molecular flexibility index (Phi) is 4.61. The molecule has 154 valence electrons. The maximum atomic E-state index is 13.4. The van der Waals surface area contributed by atoms with Crippen molar-refractivity contribution in [3.8, 4) is 11.5 Å². The van der Waals surface area contributed by atoms with Crippen LogP contribution in [0.3, 0.4) is 0 Å². The molecule has 0 bridgehead atoms. The number of benzene rings is 2. The highest BCUT2D eigenvalue weighted by Gasteiger charge is 2.31. The molecule has 30 heavy (non-hydrogen) atoms. The average Bonchev–Trinajstić information content (AvgIpc) is 3.25. The molecule has 1 atom stereocenters. The van der Waals surface area contributed by atoms with Gasteiger partial charge in [0.25, 0.3) is 5.56 Å². The van der Waals surface area contributed by atoms with Gasteiger partial charge in [0.2, 0.25) is 5.91 Å². The second-order valence-corrected chi connectivity index (χ2v) is 7.49. The molecule has 3 heterocycles. The smallest absolute Gasteiger partial charge is 0.261 e. The van der Waals surface area contributed by atoms with E-state index in [0.717, 1.165) is 18.4 Å². The lowest BCUT2D eigenvalue weighted by atomic mass is 10.0. The zero-order chi connectivity index (χ0) is 20.7. The number of amides is 1. The van der Waals surface area contributed by atoms with Crippen molar-refractivity contribution in [3.63, 3.8) is 0 Å². The molecule has 2 aliphatic rings. The minimum absolute atomic E-state index is 0.0773. The number of halogens is 1. The van der Waals surface area contributed by atoms with Gasteiger partial charge in [-0.05, 0) is 42.7 Å². The minimum Gasteiger partial charge on any atom is -0.486 e. The summed E-state index contributed by atoms with van der Waals surface area (Å²) >= 11 is 0. The maximum Gasteiger partial charge on any atom is 0.261 e. The Morgan fingerprint density at radius 2 is 1.97 bits per heavy atom. The van der Waals surface area contributed by atoms with Crippen LogP contribution in [-0.2, 0) is 11.3 Å². The fourth-order valence-corrected chi connectivity index (χ4v) is 4.16. The molecule has 1 amide bonds. The van der Waals surface area contributed by atoms with Crippen LogP contribution in [0.15, 0.2) is 47.5 Å². The van der Waals surface area contributed by atoms with Gasteiger partial charge in [0, 0.05) is 12.6 Å². The zero-order valence-corrected chi connectivity index (χ0v) is 16.2. The molecule has 0 N–H and O–H groups in total. The number of nitrogens with zero attached hydrogens (tertiary/aromatic N) is 3. The third-order valence-corrected chi connectivity index (χ3v) is 5.62. The Labute approximate surface area is 171 Å². The Morgan fingerprint density at radius 1 is 1.13 bits per heavy atom. The van der Waals surface area contributed by atoms with Gasteiger partial charge in [0.15, 0.2) is 11.5 Å². The predicted octanol–water partition coefficient (Wildman–Crippen LogP) is 2.67. The van der Waals surface area contributed by atoms with Gasteiger partial charge in [0.1, 0.15) is 25.6 Å². The van der Waals surface area contributed by atoms with Crippen molar-refractivity contribution < 1.29 is 18.7 Å². The number of ether oxygens (including phenoxy) is 2. The second kappa shape index (κ2) is 7.44. The standard InChI is InChI=1S/C22H20FN3O4/c23-15-4-5-16-17(11-15)24-13-25(22(16)28)12-21(27)26-7-1-2-18(26)14-3-6-19-20(10-14)30-9-8-29-19/h3-6,10-11,13,18H,1-2,7-9,12H2. The molecule has 0 aliphatic carbocycles. The monoisotopic (exact) mass is 409 g/mol. The number of carbonyl (C=O) groups is 1. The van der Waals surface area contributed by atoms with E-state index in [2.05, 4.69) is 4.98 Å². The van der Waals surface area contributed by atoms with Crippen LogP contribution in [0.5, 0.6) is 11.5 Å². The molecule has 1 fully saturated rings. The number of rotatable bonds is 3. The molecule has 7 nitrogen and oxygen atoms in total. The highest BCUT2D eigenvalue weighted by atomic mass is 19.1. The molecule has 1 aromatic heterocycles. The Hall–Kier alpha value is -3.42. The number of likely N-dealkylation sites (tertiary alicyclic amines) is 1. The molecule has 5 rings (SSSR count). The fourth-order valence-electron chi connectivity index (χ4n) is 4.16. The van der Waals surface area contributed by atoms with Gasteiger partial charge in [0.05, 0.1) is 23.3 Å². The van der Waals surface area contributed by atoms with Gasteiger partial charge < -0.3 is 14.4 Å². The van der Waals surface area contributed by atoms with E-state index >= 15 is 0 Å². The molecule has 0 spiro atoms. The van der Waals surface area contributed by atoms with E-state index in [4.69, 9.17) is 9.47 Å². The molecule has 1 saturated heterocycles. The van der Waals surface area contributed by atoms with Gasteiger partial charge in [-0.2, -0.15) is 0 Å². The van der Waals surface area contributed by atoms with Crippen LogP contribution in [0.2, 0.25) is 0 Å². The molecule has 1 unspecified atom stereocenters. The molecule has 2 aliphatic heterocycles. The molecule has 3 aromatic rings. The van der Waals surface area contributed by atoms with Gasteiger partial charge in [-0.25, -0.2) is 9.37 Å². The van der Waals surface area contributed by atoms with Crippen molar-refractivity contribution >= 4 is 16.8 Å². The topological polar surface area (TPSA) is 73.7 Å².